The second-order valence-corrected chi connectivity index (χ2v) is 11.5. The molecule has 0 saturated heterocycles. The number of rotatable bonds is 14. The molecule has 11 heteroatoms. The predicted octanol–water partition coefficient (Wildman–Crippen LogP) is 4.89. The van der Waals surface area contributed by atoms with Crippen molar-refractivity contribution in [2.45, 2.75) is 44.7 Å². The molecule has 0 aliphatic heterocycles. The molecule has 0 bridgehead atoms. The lowest BCUT2D eigenvalue weighted by atomic mass is 10.1. The van der Waals surface area contributed by atoms with Crippen LogP contribution < -0.4 is 19.1 Å². The molecule has 0 aliphatic carbocycles. The zero-order chi connectivity index (χ0) is 30.0. The average molecular weight is 602 g/mol. The van der Waals surface area contributed by atoms with Crippen LogP contribution in [0.4, 0.5) is 5.69 Å². The van der Waals surface area contributed by atoms with Gasteiger partial charge in [-0.15, -0.1) is 0 Å². The summed E-state index contributed by atoms with van der Waals surface area (Å²) >= 11 is 6.00. The fraction of sp³-hybridized carbons (Fsp3) is 0.333. The summed E-state index contributed by atoms with van der Waals surface area (Å²) < 4.78 is 39.5. The number of sulfonamides is 1. The average Bonchev–Trinajstić information content (AvgIpc) is 2.98. The SMILES string of the molecule is CCCNC(=O)[C@@H](C)N(Cc1ccc(OC)cc1)C(=O)CN(c1ccc(OCC)cc1)S(=O)(=O)c1ccc(Cl)cc1. The molecular formula is C30H36ClN3O6S. The van der Waals surface area contributed by atoms with Crippen LogP contribution in [0.25, 0.3) is 0 Å². The summed E-state index contributed by atoms with van der Waals surface area (Å²) in [6.45, 7) is 5.85. The lowest BCUT2D eigenvalue weighted by Gasteiger charge is -2.32. The molecule has 0 aromatic heterocycles. The van der Waals surface area contributed by atoms with Gasteiger partial charge in [-0.25, -0.2) is 8.42 Å². The lowest BCUT2D eigenvalue weighted by Crippen LogP contribution is -2.51. The molecule has 0 spiro atoms. The van der Waals surface area contributed by atoms with Gasteiger partial charge in [-0.05, 0) is 86.5 Å². The van der Waals surface area contributed by atoms with Crippen LogP contribution in [0.15, 0.2) is 77.7 Å². The fourth-order valence-electron chi connectivity index (χ4n) is 4.04. The molecular weight excluding hydrogens is 566 g/mol. The predicted molar refractivity (Wildman–Crippen MR) is 160 cm³/mol. The number of nitrogens with one attached hydrogen (secondary N) is 1. The molecule has 3 rings (SSSR count). The summed E-state index contributed by atoms with van der Waals surface area (Å²) in [5.74, 6) is 0.332. The summed E-state index contributed by atoms with van der Waals surface area (Å²) in [7, 11) is -2.64. The van der Waals surface area contributed by atoms with Gasteiger partial charge in [-0.2, -0.15) is 0 Å². The first-order valence-corrected chi connectivity index (χ1v) is 15.1. The summed E-state index contributed by atoms with van der Waals surface area (Å²) in [6, 6.07) is 18.4. The van der Waals surface area contributed by atoms with Crippen LogP contribution in [0.2, 0.25) is 5.02 Å². The van der Waals surface area contributed by atoms with Gasteiger partial charge in [0.2, 0.25) is 11.8 Å². The second-order valence-electron chi connectivity index (χ2n) is 9.23. The summed E-state index contributed by atoms with van der Waals surface area (Å²) in [4.78, 5) is 28.3. The molecule has 0 aliphatic rings. The summed E-state index contributed by atoms with van der Waals surface area (Å²) in [5, 5.41) is 3.20. The summed E-state index contributed by atoms with van der Waals surface area (Å²) in [5.41, 5.74) is 1.02. The van der Waals surface area contributed by atoms with Crippen LogP contribution >= 0.6 is 11.6 Å². The Morgan fingerprint density at radius 1 is 0.927 bits per heavy atom. The monoisotopic (exact) mass is 601 g/mol. The van der Waals surface area contributed by atoms with Gasteiger partial charge in [0.05, 0.1) is 24.3 Å². The molecule has 220 valence electrons. The fourth-order valence-corrected chi connectivity index (χ4v) is 5.58. The Hall–Kier alpha value is -3.76. The second kappa shape index (κ2) is 14.7. The Morgan fingerprint density at radius 3 is 2.10 bits per heavy atom. The molecule has 1 atom stereocenters. The highest BCUT2D eigenvalue weighted by atomic mass is 35.5. The molecule has 2 amide bonds. The molecule has 0 heterocycles. The van der Waals surface area contributed by atoms with Crippen molar-refractivity contribution in [2.24, 2.45) is 0 Å². The van der Waals surface area contributed by atoms with Crippen molar-refractivity contribution in [3.05, 3.63) is 83.4 Å². The van der Waals surface area contributed by atoms with Crippen molar-refractivity contribution in [1.29, 1.82) is 0 Å². The van der Waals surface area contributed by atoms with E-state index in [1.54, 1.807) is 62.6 Å². The first-order chi connectivity index (χ1) is 19.6. The molecule has 41 heavy (non-hydrogen) atoms. The molecule has 1 N–H and O–H groups in total. The molecule has 0 radical (unpaired) electrons. The van der Waals surface area contributed by atoms with Gasteiger partial charge in [0.1, 0.15) is 24.1 Å². The standard InChI is InChI=1S/C30H36ClN3O6S/c1-5-19-32-30(36)22(3)33(20-23-7-13-26(39-4)14-8-23)29(35)21-34(25-11-15-27(16-12-25)40-6-2)41(37,38)28-17-9-24(31)10-18-28/h7-18,22H,5-6,19-21H2,1-4H3,(H,32,36)/t22-/m1/s1. The minimum Gasteiger partial charge on any atom is -0.497 e. The number of carbonyl (C=O) groups is 2. The zero-order valence-electron chi connectivity index (χ0n) is 23.7. The molecule has 9 nitrogen and oxygen atoms in total. The Morgan fingerprint density at radius 2 is 1.54 bits per heavy atom. The maximum Gasteiger partial charge on any atom is 0.264 e. The van der Waals surface area contributed by atoms with Gasteiger partial charge < -0.3 is 19.7 Å². The van der Waals surface area contributed by atoms with Crippen molar-refractivity contribution < 1.29 is 27.5 Å². The van der Waals surface area contributed by atoms with Crippen molar-refractivity contribution in [1.82, 2.24) is 10.2 Å². The number of halogens is 1. The highest BCUT2D eigenvalue weighted by molar-refractivity contribution is 7.92. The van der Waals surface area contributed by atoms with E-state index in [9.17, 15) is 18.0 Å². The Kier molecular flexibility index (Phi) is 11.4. The molecule has 0 saturated carbocycles. The van der Waals surface area contributed by atoms with Gasteiger partial charge >= 0.3 is 0 Å². The van der Waals surface area contributed by atoms with Crippen molar-refractivity contribution in [2.75, 3.05) is 31.1 Å². The number of hydrogen-bond acceptors (Lipinski definition) is 6. The van der Waals surface area contributed by atoms with Crippen molar-refractivity contribution >= 4 is 39.1 Å². The molecule has 3 aromatic rings. The largest absolute Gasteiger partial charge is 0.497 e. The van der Waals surface area contributed by atoms with E-state index in [-0.39, 0.29) is 23.0 Å². The molecule has 3 aromatic carbocycles. The number of amides is 2. The topological polar surface area (TPSA) is 105 Å². The number of methoxy groups -OCH3 is 1. The molecule has 0 unspecified atom stereocenters. The lowest BCUT2D eigenvalue weighted by molar-refractivity contribution is -0.139. The minimum atomic E-state index is -4.20. The highest BCUT2D eigenvalue weighted by Gasteiger charge is 2.32. The number of ether oxygens (including phenoxy) is 2. The Bertz CT molecular complexity index is 1400. The van der Waals surface area contributed by atoms with E-state index < -0.39 is 28.5 Å². The Balaban J connectivity index is 2.01. The third-order valence-electron chi connectivity index (χ3n) is 6.34. The van der Waals surface area contributed by atoms with Crippen LogP contribution in [0.3, 0.4) is 0 Å². The maximum absolute atomic E-state index is 13.9. The quantitative estimate of drug-likeness (QED) is 0.282. The van der Waals surface area contributed by atoms with E-state index in [0.717, 1.165) is 16.3 Å². The number of benzene rings is 3. The van der Waals surface area contributed by atoms with Crippen LogP contribution in [-0.2, 0) is 26.2 Å². The molecule has 0 fully saturated rings. The maximum atomic E-state index is 13.9. The van der Waals surface area contributed by atoms with Crippen LogP contribution in [0, 0.1) is 0 Å². The van der Waals surface area contributed by atoms with Gasteiger partial charge in [-0.3, -0.25) is 13.9 Å². The van der Waals surface area contributed by atoms with E-state index in [1.807, 2.05) is 13.8 Å². The first-order valence-electron chi connectivity index (χ1n) is 13.3. The third kappa shape index (κ3) is 8.37. The van der Waals surface area contributed by atoms with Crippen molar-refractivity contribution in [3.8, 4) is 11.5 Å². The van der Waals surface area contributed by atoms with Gasteiger partial charge in [0.25, 0.3) is 10.0 Å². The van der Waals surface area contributed by atoms with Crippen LogP contribution in [0.1, 0.15) is 32.8 Å². The van der Waals surface area contributed by atoms with Gasteiger partial charge in [0, 0.05) is 18.1 Å². The van der Waals surface area contributed by atoms with Gasteiger partial charge in [-0.1, -0.05) is 30.7 Å². The third-order valence-corrected chi connectivity index (χ3v) is 8.38. The van der Waals surface area contributed by atoms with E-state index in [1.165, 1.54) is 29.2 Å². The zero-order valence-corrected chi connectivity index (χ0v) is 25.2. The minimum absolute atomic E-state index is 0.0287. The first kappa shape index (κ1) is 31.8. The number of carbonyl (C=O) groups excluding carboxylic acids is 2. The van der Waals surface area contributed by atoms with E-state index in [2.05, 4.69) is 5.32 Å². The van der Waals surface area contributed by atoms with E-state index in [0.29, 0.717) is 29.7 Å². The number of hydrogen-bond donors (Lipinski definition) is 1. The van der Waals surface area contributed by atoms with E-state index >= 15 is 0 Å². The van der Waals surface area contributed by atoms with E-state index in [4.69, 9.17) is 21.1 Å². The Labute approximate surface area is 247 Å². The number of anilines is 1. The number of nitrogens with zero attached hydrogens (tertiary/aromatic N) is 2. The smallest absolute Gasteiger partial charge is 0.264 e. The summed E-state index contributed by atoms with van der Waals surface area (Å²) in [6.07, 6.45) is 0.732. The highest BCUT2D eigenvalue weighted by Crippen LogP contribution is 2.27. The normalized spacial score (nSPS) is 11.8. The van der Waals surface area contributed by atoms with Crippen LogP contribution in [0.5, 0.6) is 11.5 Å². The van der Waals surface area contributed by atoms with Gasteiger partial charge in [0.15, 0.2) is 0 Å². The van der Waals surface area contributed by atoms with Crippen molar-refractivity contribution in [3.63, 3.8) is 0 Å². The van der Waals surface area contributed by atoms with Crippen LogP contribution in [-0.4, -0.2) is 58.0 Å².